The number of benzene rings is 2. The Morgan fingerprint density at radius 2 is 2.10 bits per heavy atom. The molecule has 0 saturated carbocycles. The van der Waals surface area contributed by atoms with E-state index in [1.54, 1.807) is 0 Å². The molecule has 1 unspecified atom stereocenters. The number of aliphatic hydroxyl groups is 1. The van der Waals surface area contributed by atoms with Gasteiger partial charge in [-0.15, -0.1) is 0 Å². The van der Waals surface area contributed by atoms with Crippen LogP contribution in [0.25, 0.3) is 11.0 Å². The Morgan fingerprint density at radius 3 is 2.86 bits per heavy atom. The number of rotatable bonds is 4. The maximum absolute atomic E-state index is 9.12. The largest absolute Gasteiger partial charge is 0.397 e. The lowest BCUT2D eigenvalue weighted by atomic mass is 10.1. The van der Waals surface area contributed by atoms with E-state index in [1.807, 2.05) is 42.5 Å². The summed E-state index contributed by atoms with van der Waals surface area (Å²) in [5.41, 5.74) is 10.5. The molecule has 2 aromatic carbocycles. The maximum Gasteiger partial charge on any atom is 0.133 e. The van der Waals surface area contributed by atoms with Crippen LogP contribution in [0.2, 0.25) is 0 Å². The third-order valence-corrected chi connectivity index (χ3v) is 3.54. The number of hydrogen-bond donors (Lipinski definition) is 4. The lowest BCUT2D eigenvalue weighted by molar-refractivity contribution is 0.273. The van der Waals surface area contributed by atoms with Crippen molar-refractivity contribution in [3.8, 4) is 0 Å². The van der Waals surface area contributed by atoms with E-state index in [1.165, 1.54) is 0 Å². The van der Waals surface area contributed by atoms with Crippen molar-refractivity contribution in [3.05, 3.63) is 53.9 Å². The number of para-hydroxylation sites is 2. The van der Waals surface area contributed by atoms with Gasteiger partial charge >= 0.3 is 0 Å². The molecule has 5 heteroatoms. The number of aromatic amines is 1. The predicted molar refractivity (Wildman–Crippen MR) is 84.9 cm³/mol. The van der Waals surface area contributed by atoms with Crippen molar-refractivity contribution < 1.29 is 5.11 Å². The van der Waals surface area contributed by atoms with E-state index < -0.39 is 0 Å². The van der Waals surface area contributed by atoms with Gasteiger partial charge in [0.05, 0.1) is 22.4 Å². The van der Waals surface area contributed by atoms with Crippen LogP contribution in [0.1, 0.15) is 24.4 Å². The smallest absolute Gasteiger partial charge is 0.133 e. The molecule has 0 saturated heterocycles. The molecule has 3 rings (SSSR count). The average molecular weight is 282 g/mol. The summed E-state index contributed by atoms with van der Waals surface area (Å²) in [5, 5.41) is 12.5. The van der Waals surface area contributed by atoms with Gasteiger partial charge in [-0.2, -0.15) is 0 Å². The molecule has 0 aliphatic heterocycles. The third-order valence-electron chi connectivity index (χ3n) is 3.54. The van der Waals surface area contributed by atoms with Crippen molar-refractivity contribution in [2.24, 2.45) is 0 Å². The molecule has 1 atom stereocenters. The number of nitrogens with two attached hydrogens (primary N) is 1. The Kier molecular flexibility index (Phi) is 3.50. The zero-order valence-corrected chi connectivity index (χ0v) is 11.8. The first-order valence-corrected chi connectivity index (χ1v) is 6.88. The molecule has 108 valence electrons. The Hall–Kier alpha value is -2.53. The normalized spacial score (nSPS) is 12.5. The molecule has 0 spiro atoms. The molecule has 0 bridgehead atoms. The standard InChI is InChI=1S/C16H18N4O/c1-10(18-13-5-3-2-4-12(13)17)11-6-7-14-15(8-11)20-16(9-21)19-14/h2-8,10,18,21H,9,17H2,1H3,(H,19,20). The molecule has 0 amide bonds. The second kappa shape index (κ2) is 5.46. The highest BCUT2D eigenvalue weighted by atomic mass is 16.3. The number of aliphatic hydroxyl groups excluding tert-OH is 1. The average Bonchev–Trinajstić information content (AvgIpc) is 2.91. The molecule has 0 aliphatic carbocycles. The van der Waals surface area contributed by atoms with Gasteiger partial charge in [-0.05, 0) is 36.8 Å². The molecule has 1 heterocycles. The van der Waals surface area contributed by atoms with Crippen LogP contribution in [0.5, 0.6) is 0 Å². The summed E-state index contributed by atoms with van der Waals surface area (Å²) in [5.74, 6) is 0.579. The van der Waals surface area contributed by atoms with Gasteiger partial charge in [0, 0.05) is 6.04 Å². The highest BCUT2D eigenvalue weighted by molar-refractivity contribution is 5.76. The van der Waals surface area contributed by atoms with Gasteiger partial charge < -0.3 is 21.1 Å². The monoisotopic (exact) mass is 282 g/mol. The van der Waals surface area contributed by atoms with E-state index in [0.717, 1.165) is 28.0 Å². The van der Waals surface area contributed by atoms with E-state index in [4.69, 9.17) is 10.8 Å². The predicted octanol–water partition coefficient (Wildman–Crippen LogP) is 2.81. The minimum atomic E-state index is -0.0850. The number of imidazole rings is 1. The molecule has 5 N–H and O–H groups in total. The van der Waals surface area contributed by atoms with E-state index in [9.17, 15) is 0 Å². The first kappa shape index (κ1) is 13.5. The highest BCUT2D eigenvalue weighted by Crippen LogP contribution is 2.25. The number of hydrogen-bond acceptors (Lipinski definition) is 4. The van der Waals surface area contributed by atoms with E-state index in [0.29, 0.717) is 5.82 Å². The van der Waals surface area contributed by atoms with Gasteiger partial charge in [-0.1, -0.05) is 18.2 Å². The molecule has 0 fully saturated rings. The molecule has 5 nitrogen and oxygen atoms in total. The fourth-order valence-corrected chi connectivity index (χ4v) is 2.37. The van der Waals surface area contributed by atoms with Gasteiger partial charge in [0.25, 0.3) is 0 Å². The van der Waals surface area contributed by atoms with Crippen molar-refractivity contribution >= 4 is 22.4 Å². The first-order chi connectivity index (χ1) is 10.2. The number of nitrogens with one attached hydrogen (secondary N) is 2. The van der Waals surface area contributed by atoms with Crippen LogP contribution in [0.3, 0.4) is 0 Å². The minimum Gasteiger partial charge on any atom is -0.397 e. The van der Waals surface area contributed by atoms with Crippen LogP contribution in [0.15, 0.2) is 42.5 Å². The molecular formula is C16H18N4O. The molecule has 3 aromatic rings. The van der Waals surface area contributed by atoms with Crippen LogP contribution < -0.4 is 11.1 Å². The summed E-state index contributed by atoms with van der Waals surface area (Å²) in [6.07, 6.45) is 0. The van der Waals surface area contributed by atoms with Crippen molar-refractivity contribution in [1.29, 1.82) is 0 Å². The second-order valence-electron chi connectivity index (χ2n) is 5.07. The summed E-state index contributed by atoms with van der Waals surface area (Å²) < 4.78 is 0. The number of nitrogen functional groups attached to an aromatic ring is 1. The number of nitrogens with zero attached hydrogens (tertiary/aromatic N) is 1. The lowest BCUT2D eigenvalue weighted by Crippen LogP contribution is -2.08. The zero-order chi connectivity index (χ0) is 14.8. The molecular weight excluding hydrogens is 264 g/mol. The number of aromatic nitrogens is 2. The summed E-state index contributed by atoms with van der Waals surface area (Å²) in [4.78, 5) is 7.39. The molecule has 0 aliphatic rings. The summed E-state index contributed by atoms with van der Waals surface area (Å²) in [6.45, 7) is 2.00. The van der Waals surface area contributed by atoms with E-state index in [-0.39, 0.29) is 12.6 Å². The topological polar surface area (TPSA) is 87.0 Å². The SMILES string of the molecule is CC(Nc1ccccc1N)c1ccc2nc(CO)[nH]c2c1. The van der Waals surface area contributed by atoms with Crippen molar-refractivity contribution in [2.45, 2.75) is 19.6 Å². The number of anilines is 2. The van der Waals surface area contributed by atoms with Crippen LogP contribution in [0, 0.1) is 0 Å². The molecule has 21 heavy (non-hydrogen) atoms. The van der Waals surface area contributed by atoms with Gasteiger partial charge in [-0.3, -0.25) is 0 Å². The van der Waals surface area contributed by atoms with Crippen molar-refractivity contribution in [2.75, 3.05) is 11.1 Å². The Labute approximate surface area is 122 Å². The van der Waals surface area contributed by atoms with Crippen LogP contribution in [0.4, 0.5) is 11.4 Å². The van der Waals surface area contributed by atoms with E-state index >= 15 is 0 Å². The van der Waals surface area contributed by atoms with Crippen molar-refractivity contribution in [3.63, 3.8) is 0 Å². The zero-order valence-electron chi connectivity index (χ0n) is 11.8. The number of H-pyrrole nitrogens is 1. The van der Waals surface area contributed by atoms with Crippen LogP contribution >= 0.6 is 0 Å². The summed E-state index contributed by atoms with van der Waals surface area (Å²) in [7, 11) is 0. The fourth-order valence-electron chi connectivity index (χ4n) is 2.37. The minimum absolute atomic E-state index is 0.0850. The molecule has 1 aromatic heterocycles. The lowest BCUT2D eigenvalue weighted by Gasteiger charge is -2.17. The summed E-state index contributed by atoms with van der Waals surface area (Å²) >= 11 is 0. The Balaban J connectivity index is 1.87. The number of fused-ring (bicyclic) bond motifs is 1. The van der Waals surface area contributed by atoms with Gasteiger partial charge in [0.1, 0.15) is 12.4 Å². The third kappa shape index (κ3) is 2.68. The van der Waals surface area contributed by atoms with Gasteiger partial charge in [-0.25, -0.2) is 4.98 Å². The Bertz CT molecular complexity index is 766. The highest BCUT2D eigenvalue weighted by Gasteiger charge is 2.09. The van der Waals surface area contributed by atoms with Gasteiger partial charge in [0.15, 0.2) is 0 Å². The Morgan fingerprint density at radius 1 is 1.29 bits per heavy atom. The molecule has 0 radical (unpaired) electrons. The van der Waals surface area contributed by atoms with Crippen LogP contribution in [-0.2, 0) is 6.61 Å². The van der Waals surface area contributed by atoms with E-state index in [2.05, 4.69) is 22.2 Å². The fraction of sp³-hybridized carbons (Fsp3) is 0.188. The first-order valence-electron chi connectivity index (χ1n) is 6.88. The van der Waals surface area contributed by atoms with Gasteiger partial charge in [0.2, 0.25) is 0 Å². The summed E-state index contributed by atoms with van der Waals surface area (Å²) in [6, 6.07) is 13.8. The second-order valence-corrected chi connectivity index (χ2v) is 5.07. The maximum atomic E-state index is 9.12. The quantitative estimate of drug-likeness (QED) is 0.554. The van der Waals surface area contributed by atoms with Crippen LogP contribution in [-0.4, -0.2) is 15.1 Å². The van der Waals surface area contributed by atoms with Crippen molar-refractivity contribution in [1.82, 2.24) is 9.97 Å².